The van der Waals surface area contributed by atoms with Crippen molar-refractivity contribution in [3.05, 3.63) is 29.7 Å². The van der Waals surface area contributed by atoms with Crippen LogP contribution in [0, 0.1) is 6.92 Å². The Morgan fingerprint density at radius 2 is 2.17 bits per heavy atom. The number of aliphatic hydroxyl groups is 1. The van der Waals surface area contributed by atoms with Crippen molar-refractivity contribution in [2.24, 2.45) is 7.05 Å². The van der Waals surface area contributed by atoms with E-state index in [1.54, 1.807) is 9.36 Å². The zero-order chi connectivity index (χ0) is 12.3. The lowest BCUT2D eigenvalue weighted by atomic mass is 10.2. The summed E-state index contributed by atoms with van der Waals surface area (Å²) in [4.78, 5) is 0. The minimum atomic E-state index is 0. The Labute approximate surface area is 112 Å². The number of aliphatic hydroxyl groups excluding tert-OH is 1. The highest BCUT2D eigenvalue weighted by atomic mass is 35.5. The van der Waals surface area contributed by atoms with Crippen molar-refractivity contribution in [2.75, 3.05) is 11.9 Å². The van der Waals surface area contributed by atoms with Gasteiger partial charge in [0.2, 0.25) is 0 Å². The van der Waals surface area contributed by atoms with Crippen molar-refractivity contribution >= 4 is 18.2 Å². The third-order valence-electron chi connectivity index (χ3n) is 2.54. The van der Waals surface area contributed by atoms with Crippen molar-refractivity contribution in [2.45, 2.75) is 20.0 Å². The summed E-state index contributed by atoms with van der Waals surface area (Å²) in [5, 5.41) is 20.6. The number of aryl methyl sites for hydroxylation is 2. The quantitative estimate of drug-likeness (QED) is 0.850. The molecule has 0 spiro atoms. The first kappa shape index (κ1) is 14.5. The van der Waals surface area contributed by atoms with E-state index < -0.39 is 0 Å². The number of halogens is 1. The van der Waals surface area contributed by atoms with E-state index in [1.165, 1.54) is 0 Å². The van der Waals surface area contributed by atoms with Gasteiger partial charge in [0.05, 0.1) is 18.8 Å². The largest absolute Gasteiger partial charge is 0.394 e. The van der Waals surface area contributed by atoms with E-state index >= 15 is 0 Å². The molecule has 0 saturated heterocycles. The van der Waals surface area contributed by atoms with Crippen molar-refractivity contribution < 1.29 is 5.11 Å². The Bertz CT molecular complexity index is 493. The van der Waals surface area contributed by atoms with E-state index in [-0.39, 0.29) is 19.0 Å². The maximum Gasteiger partial charge on any atom is 0.148 e. The molecule has 0 unspecified atom stereocenters. The van der Waals surface area contributed by atoms with Crippen LogP contribution in [0.5, 0.6) is 0 Å². The van der Waals surface area contributed by atoms with Gasteiger partial charge < -0.3 is 10.4 Å². The van der Waals surface area contributed by atoms with Crippen molar-refractivity contribution in [1.29, 1.82) is 0 Å². The summed E-state index contributed by atoms with van der Waals surface area (Å²) in [6, 6.07) is 1.89. The van der Waals surface area contributed by atoms with E-state index in [1.807, 2.05) is 32.4 Å². The summed E-state index contributed by atoms with van der Waals surface area (Å²) in [7, 11) is 1.91. The van der Waals surface area contributed by atoms with Gasteiger partial charge in [0, 0.05) is 37.6 Å². The lowest BCUT2D eigenvalue weighted by Gasteiger charge is -2.01. The number of anilines is 1. The first-order valence-corrected chi connectivity index (χ1v) is 5.56. The normalized spacial score (nSPS) is 10.2. The van der Waals surface area contributed by atoms with Gasteiger partial charge in [-0.1, -0.05) is 0 Å². The third-order valence-corrected chi connectivity index (χ3v) is 2.54. The highest BCUT2D eigenvalue weighted by Gasteiger charge is 2.03. The topological polar surface area (TPSA) is 67.9 Å². The van der Waals surface area contributed by atoms with Crippen molar-refractivity contribution in [3.8, 4) is 0 Å². The summed E-state index contributed by atoms with van der Waals surface area (Å²) in [6.07, 6.45) is 3.84. The zero-order valence-corrected chi connectivity index (χ0v) is 11.3. The van der Waals surface area contributed by atoms with Crippen LogP contribution in [-0.2, 0) is 20.1 Å². The van der Waals surface area contributed by atoms with Crippen LogP contribution in [0.4, 0.5) is 5.82 Å². The molecule has 0 aliphatic carbocycles. The Morgan fingerprint density at radius 3 is 2.78 bits per heavy atom. The average Bonchev–Trinajstić information content (AvgIpc) is 2.83. The van der Waals surface area contributed by atoms with Crippen LogP contribution in [0.15, 0.2) is 18.5 Å². The van der Waals surface area contributed by atoms with Gasteiger partial charge in [-0.15, -0.1) is 12.4 Å². The molecule has 2 rings (SSSR count). The second-order valence-corrected chi connectivity index (χ2v) is 3.95. The van der Waals surface area contributed by atoms with Crippen molar-refractivity contribution in [1.82, 2.24) is 19.6 Å². The highest BCUT2D eigenvalue weighted by molar-refractivity contribution is 5.85. The number of hydrogen-bond donors (Lipinski definition) is 2. The number of aromatic nitrogens is 4. The molecule has 0 fully saturated rings. The van der Waals surface area contributed by atoms with Gasteiger partial charge in [0.15, 0.2) is 0 Å². The molecule has 0 aliphatic heterocycles. The average molecular weight is 272 g/mol. The standard InChI is InChI=1S/C11H17N5O.ClH/c1-9-10(8-15(2)13-9)7-12-11-3-4-16(14-11)5-6-17;/h3-4,8,17H,5-7H2,1-2H3,(H,12,14);1H. The molecule has 0 bridgehead atoms. The van der Waals surface area contributed by atoms with E-state index in [0.717, 1.165) is 17.1 Å². The maximum absolute atomic E-state index is 8.78. The SMILES string of the molecule is Cc1nn(C)cc1CNc1ccn(CCO)n1.Cl. The molecule has 0 aromatic carbocycles. The first-order valence-electron chi connectivity index (χ1n) is 5.56. The van der Waals surface area contributed by atoms with Crippen LogP contribution in [0.3, 0.4) is 0 Å². The van der Waals surface area contributed by atoms with Crippen LogP contribution >= 0.6 is 12.4 Å². The minimum Gasteiger partial charge on any atom is -0.394 e. The lowest BCUT2D eigenvalue weighted by Crippen LogP contribution is -2.05. The zero-order valence-electron chi connectivity index (χ0n) is 10.5. The Balaban J connectivity index is 0.00000162. The van der Waals surface area contributed by atoms with Gasteiger partial charge in [0.1, 0.15) is 5.82 Å². The molecule has 2 heterocycles. The molecule has 7 heteroatoms. The fraction of sp³-hybridized carbons (Fsp3) is 0.455. The van der Waals surface area contributed by atoms with Crippen LogP contribution in [0.25, 0.3) is 0 Å². The third kappa shape index (κ3) is 3.48. The lowest BCUT2D eigenvalue weighted by molar-refractivity contribution is 0.269. The number of rotatable bonds is 5. The second kappa shape index (κ2) is 6.42. The fourth-order valence-corrected chi connectivity index (χ4v) is 1.69. The maximum atomic E-state index is 8.78. The fourth-order valence-electron chi connectivity index (χ4n) is 1.69. The molecule has 2 aromatic rings. The summed E-state index contributed by atoms with van der Waals surface area (Å²) in [5.41, 5.74) is 2.18. The number of nitrogens with zero attached hydrogens (tertiary/aromatic N) is 4. The van der Waals surface area contributed by atoms with Crippen molar-refractivity contribution in [3.63, 3.8) is 0 Å². The molecule has 2 aromatic heterocycles. The van der Waals surface area contributed by atoms with Gasteiger partial charge in [-0.2, -0.15) is 10.2 Å². The molecule has 18 heavy (non-hydrogen) atoms. The molecular formula is C11H18ClN5O. The van der Waals surface area contributed by atoms with Gasteiger partial charge in [0.25, 0.3) is 0 Å². The Hall–Kier alpha value is -1.53. The molecule has 0 atom stereocenters. The van der Waals surface area contributed by atoms with E-state index in [4.69, 9.17) is 5.11 Å². The first-order chi connectivity index (χ1) is 8.19. The van der Waals surface area contributed by atoms with Crippen LogP contribution in [-0.4, -0.2) is 31.3 Å². The molecule has 6 nitrogen and oxygen atoms in total. The summed E-state index contributed by atoms with van der Waals surface area (Å²) >= 11 is 0. The number of hydrogen-bond acceptors (Lipinski definition) is 4. The van der Waals surface area contributed by atoms with E-state index in [9.17, 15) is 0 Å². The van der Waals surface area contributed by atoms with Gasteiger partial charge >= 0.3 is 0 Å². The van der Waals surface area contributed by atoms with E-state index in [2.05, 4.69) is 15.5 Å². The summed E-state index contributed by atoms with van der Waals surface area (Å²) in [5.74, 6) is 0.807. The minimum absolute atomic E-state index is 0. The Kier molecular flexibility index (Phi) is 5.18. The second-order valence-electron chi connectivity index (χ2n) is 3.95. The smallest absolute Gasteiger partial charge is 0.148 e. The van der Waals surface area contributed by atoms with Gasteiger partial charge in [-0.05, 0) is 6.92 Å². The molecule has 0 amide bonds. The summed E-state index contributed by atoms with van der Waals surface area (Å²) < 4.78 is 3.51. The van der Waals surface area contributed by atoms with Crippen LogP contribution < -0.4 is 5.32 Å². The molecule has 0 radical (unpaired) electrons. The number of nitrogens with one attached hydrogen (secondary N) is 1. The van der Waals surface area contributed by atoms with Gasteiger partial charge in [-0.3, -0.25) is 9.36 Å². The molecule has 0 saturated carbocycles. The predicted octanol–water partition coefficient (Wildman–Crippen LogP) is 0.951. The highest BCUT2D eigenvalue weighted by Crippen LogP contribution is 2.08. The van der Waals surface area contributed by atoms with Gasteiger partial charge in [-0.25, -0.2) is 0 Å². The van der Waals surface area contributed by atoms with Crippen LogP contribution in [0.1, 0.15) is 11.3 Å². The molecule has 2 N–H and O–H groups in total. The molecule has 0 aliphatic rings. The molecule has 100 valence electrons. The van der Waals surface area contributed by atoms with Crippen LogP contribution in [0.2, 0.25) is 0 Å². The molecular weight excluding hydrogens is 254 g/mol. The summed E-state index contributed by atoms with van der Waals surface area (Å²) in [6.45, 7) is 3.31. The Morgan fingerprint density at radius 1 is 1.39 bits per heavy atom. The van der Waals surface area contributed by atoms with E-state index in [0.29, 0.717) is 13.1 Å². The predicted molar refractivity (Wildman–Crippen MR) is 71.8 cm³/mol. The monoisotopic (exact) mass is 271 g/mol.